The van der Waals surface area contributed by atoms with Gasteiger partial charge in [-0.05, 0) is 44.0 Å². The van der Waals surface area contributed by atoms with E-state index in [9.17, 15) is 13.2 Å². The van der Waals surface area contributed by atoms with E-state index in [1.54, 1.807) is 25.3 Å². The summed E-state index contributed by atoms with van der Waals surface area (Å²) in [5.41, 5.74) is 2.56. The SMILES string of the molecule is COc1ccc(/C=C/n2c(C)cc(=O)cc2C)cc1OC1CCS(=O)(=O)C1. The Morgan fingerprint density at radius 3 is 2.41 bits per heavy atom. The van der Waals surface area contributed by atoms with Crippen LogP contribution in [-0.2, 0) is 9.84 Å². The molecule has 1 aromatic carbocycles. The maximum absolute atomic E-state index is 11.7. The second-order valence-corrected chi connectivity index (χ2v) is 8.94. The number of hydrogen-bond acceptors (Lipinski definition) is 5. The minimum absolute atomic E-state index is 0.0127. The first-order chi connectivity index (χ1) is 12.8. The molecule has 0 spiro atoms. The van der Waals surface area contributed by atoms with Gasteiger partial charge in [0.15, 0.2) is 26.8 Å². The molecule has 27 heavy (non-hydrogen) atoms. The van der Waals surface area contributed by atoms with Gasteiger partial charge in [-0.2, -0.15) is 0 Å². The van der Waals surface area contributed by atoms with Gasteiger partial charge >= 0.3 is 0 Å². The Labute approximate surface area is 159 Å². The van der Waals surface area contributed by atoms with Crippen molar-refractivity contribution < 1.29 is 17.9 Å². The number of sulfone groups is 1. The smallest absolute Gasteiger partial charge is 0.182 e. The average Bonchev–Trinajstić information content (AvgIpc) is 2.92. The van der Waals surface area contributed by atoms with Gasteiger partial charge in [0, 0.05) is 29.7 Å². The summed E-state index contributed by atoms with van der Waals surface area (Å²) in [6, 6.07) is 8.68. The van der Waals surface area contributed by atoms with Crippen LogP contribution in [-0.4, -0.2) is 37.7 Å². The number of aryl methyl sites for hydroxylation is 2. The summed E-state index contributed by atoms with van der Waals surface area (Å²) in [5.74, 6) is 1.28. The van der Waals surface area contributed by atoms with Gasteiger partial charge in [0.1, 0.15) is 6.10 Å². The van der Waals surface area contributed by atoms with E-state index in [2.05, 4.69) is 0 Å². The Hall–Kier alpha value is -2.54. The van der Waals surface area contributed by atoms with Crippen LogP contribution in [0.3, 0.4) is 0 Å². The number of benzene rings is 1. The second kappa shape index (κ2) is 7.60. The van der Waals surface area contributed by atoms with Crippen molar-refractivity contribution in [3.63, 3.8) is 0 Å². The molecule has 0 amide bonds. The molecule has 1 unspecified atom stereocenters. The molecule has 6 nitrogen and oxygen atoms in total. The molecule has 3 rings (SSSR count). The summed E-state index contributed by atoms with van der Waals surface area (Å²) < 4.78 is 36.5. The van der Waals surface area contributed by atoms with Gasteiger partial charge in [0.25, 0.3) is 0 Å². The Morgan fingerprint density at radius 2 is 1.81 bits per heavy atom. The zero-order chi connectivity index (χ0) is 19.6. The van der Waals surface area contributed by atoms with Gasteiger partial charge in [-0.15, -0.1) is 0 Å². The van der Waals surface area contributed by atoms with E-state index in [1.807, 2.05) is 42.8 Å². The topological polar surface area (TPSA) is 74.6 Å². The maximum Gasteiger partial charge on any atom is 0.182 e. The van der Waals surface area contributed by atoms with Crippen molar-refractivity contribution in [2.24, 2.45) is 0 Å². The van der Waals surface area contributed by atoms with Crippen LogP contribution in [0.2, 0.25) is 0 Å². The van der Waals surface area contributed by atoms with Crippen molar-refractivity contribution in [3.8, 4) is 11.5 Å². The first-order valence-corrected chi connectivity index (χ1v) is 10.5. The van der Waals surface area contributed by atoms with Crippen LogP contribution in [0.4, 0.5) is 0 Å². The highest BCUT2D eigenvalue weighted by atomic mass is 32.2. The first-order valence-electron chi connectivity index (χ1n) is 8.70. The largest absolute Gasteiger partial charge is 0.493 e. The fourth-order valence-electron chi connectivity index (χ4n) is 3.19. The average molecular weight is 389 g/mol. The summed E-state index contributed by atoms with van der Waals surface area (Å²) in [4.78, 5) is 11.6. The Morgan fingerprint density at radius 1 is 1.11 bits per heavy atom. The van der Waals surface area contributed by atoms with E-state index in [4.69, 9.17) is 9.47 Å². The Balaban J connectivity index is 1.86. The molecule has 1 atom stereocenters. The minimum atomic E-state index is -3.01. The van der Waals surface area contributed by atoms with Crippen molar-refractivity contribution in [2.45, 2.75) is 26.4 Å². The number of ether oxygens (including phenoxy) is 2. The van der Waals surface area contributed by atoms with E-state index in [0.29, 0.717) is 17.9 Å². The summed E-state index contributed by atoms with van der Waals surface area (Å²) in [5, 5.41) is 0. The quantitative estimate of drug-likeness (QED) is 0.786. The van der Waals surface area contributed by atoms with Crippen LogP contribution in [0, 0.1) is 13.8 Å². The normalized spacial score (nSPS) is 18.7. The third kappa shape index (κ3) is 4.60. The molecule has 1 aromatic heterocycles. The molecule has 0 aliphatic carbocycles. The lowest BCUT2D eigenvalue weighted by Crippen LogP contribution is -2.18. The van der Waals surface area contributed by atoms with Crippen molar-refractivity contribution in [1.29, 1.82) is 0 Å². The third-order valence-electron chi connectivity index (χ3n) is 4.55. The number of aromatic nitrogens is 1. The standard InChI is InChI=1S/C20H23NO5S/c1-14-10-17(22)11-15(2)21(14)8-6-16-4-5-19(25-3)20(12-16)26-18-7-9-27(23,24)13-18/h4-6,8,10-12,18H,7,9,13H2,1-3H3/b8-6+. The number of nitrogens with zero attached hydrogens (tertiary/aromatic N) is 1. The minimum Gasteiger partial charge on any atom is -0.493 e. The summed E-state index contributed by atoms with van der Waals surface area (Å²) >= 11 is 0. The highest BCUT2D eigenvalue weighted by Crippen LogP contribution is 2.31. The molecule has 0 bridgehead atoms. The van der Waals surface area contributed by atoms with Gasteiger partial charge in [0.05, 0.1) is 18.6 Å². The molecule has 2 heterocycles. The molecule has 2 aromatic rings. The van der Waals surface area contributed by atoms with Crippen LogP contribution in [0.25, 0.3) is 12.3 Å². The molecule has 7 heteroatoms. The van der Waals surface area contributed by atoms with Crippen LogP contribution < -0.4 is 14.9 Å². The number of rotatable bonds is 5. The van der Waals surface area contributed by atoms with Crippen LogP contribution in [0.5, 0.6) is 11.5 Å². The third-order valence-corrected chi connectivity index (χ3v) is 6.29. The van der Waals surface area contributed by atoms with E-state index < -0.39 is 9.84 Å². The predicted octanol–water partition coefficient (Wildman–Crippen LogP) is 2.67. The lowest BCUT2D eigenvalue weighted by atomic mass is 10.2. The van der Waals surface area contributed by atoms with Crippen molar-refractivity contribution in [3.05, 3.63) is 57.5 Å². The number of hydrogen-bond donors (Lipinski definition) is 0. The molecule has 144 valence electrons. The highest BCUT2D eigenvalue weighted by Gasteiger charge is 2.30. The van der Waals surface area contributed by atoms with Gasteiger partial charge in [0.2, 0.25) is 0 Å². The predicted molar refractivity (Wildman–Crippen MR) is 106 cm³/mol. The van der Waals surface area contributed by atoms with E-state index >= 15 is 0 Å². The van der Waals surface area contributed by atoms with Crippen molar-refractivity contribution >= 4 is 22.1 Å². The number of pyridine rings is 1. The van der Waals surface area contributed by atoms with Crippen LogP contribution >= 0.6 is 0 Å². The van der Waals surface area contributed by atoms with Gasteiger partial charge < -0.3 is 14.0 Å². The fraction of sp³-hybridized carbons (Fsp3) is 0.350. The fourth-order valence-corrected chi connectivity index (χ4v) is 4.78. The maximum atomic E-state index is 11.7. The van der Waals surface area contributed by atoms with Crippen molar-refractivity contribution in [1.82, 2.24) is 4.57 Å². The molecule has 1 saturated heterocycles. The molecule has 0 saturated carbocycles. The Kier molecular flexibility index (Phi) is 5.41. The van der Waals surface area contributed by atoms with E-state index in [0.717, 1.165) is 17.0 Å². The summed E-state index contributed by atoms with van der Waals surface area (Å²) in [6.45, 7) is 3.75. The molecule has 1 fully saturated rings. The molecule has 1 aliphatic heterocycles. The molecule has 0 radical (unpaired) electrons. The van der Waals surface area contributed by atoms with Gasteiger partial charge in [-0.3, -0.25) is 4.79 Å². The first kappa shape index (κ1) is 19.2. The van der Waals surface area contributed by atoms with Crippen LogP contribution in [0.1, 0.15) is 23.4 Å². The zero-order valence-corrected chi connectivity index (χ0v) is 16.5. The van der Waals surface area contributed by atoms with Gasteiger partial charge in [-0.25, -0.2) is 8.42 Å². The van der Waals surface area contributed by atoms with Crippen LogP contribution in [0.15, 0.2) is 35.1 Å². The molecule has 0 N–H and O–H groups in total. The van der Waals surface area contributed by atoms with E-state index in [1.165, 1.54) is 0 Å². The highest BCUT2D eigenvalue weighted by molar-refractivity contribution is 7.91. The second-order valence-electron chi connectivity index (χ2n) is 6.71. The van der Waals surface area contributed by atoms with Gasteiger partial charge in [-0.1, -0.05) is 6.07 Å². The molecular weight excluding hydrogens is 366 g/mol. The van der Waals surface area contributed by atoms with E-state index in [-0.39, 0.29) is 23.0 Å². The van der Waals surface area contributed by atoms with Crippen molar-refractivity contribution in [2.75, 3.05) is 18.6 Å². The lowest BCUT2D eigenvalue weighted by molar-refractivity contribution is 0.218. The summed E-state index contributed by atoms with van der Waals surface area (Å²) in [6.07, 6.45) is 3.92. The zero-order valence-electron chi connectivity index (χ0n) is 15.6. The lowest BCUT2D eigenvalue weighted by Gasteiger charge is -2.15. The molecule has 1 aliphatic rings. The molecular formula is C20H23NO5S. The summed E-state index contributed by atoms with van der Waals surface area (Å²) in [7, 11) is -1.46. The Bertz CT molecular complexity index is 1010. The number of methoxy groups -OCH3 is 1. The monoisotopic (exact) mass is 389 g/mol.